The molecule has 0 radical (unpaired) electrons. The second-order valence-electron chi connectivity index (χ2n) is 3.54. The van der Waals surface area contributed by atoms with Crippen LogP contribution in [-0.2, 0) is 0 Å². The highest BCUT2D eigenvalue weighted by Crippen LogP contribution is 2.22. The minimum atomic E-state index is -0.719. The summed E-state index contributed by atoms with van der Waals surface area (Å²) in [6, 6.07) is 1.52. The van der Waals surface area contributed by atoms with E-state index < -0.39 is 11.9 Å². The van der Waals surface area contributed by atoms with E-state index in [9.17, 15) is 9.50 Å². The largest absolute Gasteiger partial charge is 0.388 e. The zero-order chi connectivity index (χ0) is 9.84. The summed E-state index contributed by atoms with van der Waals surface area (Å²) in [6.45, 7) is 3.98. The molecule has 2 nitrogen and oxygen atoms in total. The maximum atomic E-state index is 13.1. The highest BCUT2D eigenvalue weighted by atomic mass is 19.1. The van der Waals surface area contributed by atoms with Crippen LogP contribution in [0.2, 0.25) is 0 Å². The molecule has 3 heteroatoms. The quantitative estimate of drug-likeness (QED) is 0.780. The van der Waals surface area contributed by atoms with E-state index in [4.69, 9.17) is 0 Å². The van der Waals surface area contributed by atoms with Crippen LogP contribution in [0.15, 0.2) is 18.5 Å². The van der Waals surface area contributed by atoms with Crippen molar-refractivity contribution in [2.24, 2.45) is 5.92 Å². The number of rotatable bonds is 3. The first-order chi connectivity index (χ1) is 6.11. The molecule has 0 fully saturated rings. The van der Waals surface area contributed by atoms with Crippen LogP contribution in [0.25, 0.3) is 0 Å². The van der Waals surface area contributed by atoms with Gasteiger partial charge in [0.25, 0.3) is 0 Å². The lowest BCUT2D eigenvalue weighted by molar-refractivity contribution is 0.146. The zero-order valence-electron chi connectivity index (χ0n) is 7.87. The Morgan fingerprint density at radius 2 is 2.23 bits per heavy atom. The minimum absolute atomic E-state index is 0.337. The third kappa shape index (κ3) is 2.77. The minimum Gasteiger partial charge on any atom is -0.388 e. The van der Waals surface area contributed by atoms with Crippen LogP contribution in [0.5, 0.6) is 0 Å². The molecular formula is C10H14FNO. The summed E-state index contributed by atoms with van der Waals surface area (Å²) in [5.74, 6) is -0.0850. The van der Waals surface area contributed by atoms with E-state index in [0.717, 1.165) is 6.20 Å². The number of halogens is 1. The van der Waals surface area contributed by atoms with Crippen molar-refractivity contribution in [3.8, 4) is 0 Å². The molecule has 1 unspecified atom stereocenters. The van der Waals surface area contributed by atoms with Gasteiger partial charge in [0.05, 0.1) is 12.3 Å². The van der Waals surface area contributed by atoms with Gasteiger partial charge in [-0.15, -0.1) is 0 Å². The van der Waals surface area contributed by atoms with Crippen molar-refractivity contribution < 1.29 is 9.50 Å². The zero-order valence-corrected chi connectivity index (χ0v) is 7.87. The number of aliphatic hydroxyl groups excluding tert-OH is 1. The second-order valence-corrected chi connectivity index (χ2v) is 3.54. The third-order valence-corrected chi connectivity index (χ3v) is 1.86. The molecule has 0 amide bonds. The molecule has 0 aliphatic heterocycles. The maximum Gasteiger partial charge on any atom is 0.147 e. The molecule has 1 rings (SSSR count). The highest BCUT2D eigenvalue weighted by molar-refractivity contribution is 5.15. The monoisotopic (exact) mass is 183 g/mol. The van der Waals surface area contributed by atoms with Crippen LogP contribution >= 0.6 is 0 Å². The van der Waals surface area contributed by atoms with Crippen molar-refractivity contribution in [1.82, 2.24) is 4.98 Å². The summed E-state index contributed by atoms with van der Waals surface area (Å²) >= 11 is 0. The predicted molar refractivity (Wildman–Crippen MR) is 48.6 cm³/mol. The van der Waals surface area contributed by atoms with E-state index in [1.54, 1.807) is 0 Å². The molecule has 1 heterocycles. The number of nitrogens with zero attached hydrogens (tertiary/aromatic N) is 1. The fraction of sp³-hybridized carbons (Fsp3) is 0.500. The molecular weight excluding hydrogens is 169 g/mol. The summed E-state index contributed by atoms with van der Waals surface area (Å²) in [4.78, 5) is 3.62. The van der Waals surface area contributed by atoms with Crippen LogP contribution in [-0.4, -0.2) is 10.1 Å². The highest BCUT2D eigenvalue weighted by Gasteiger charge is 2.13. The molecule has 0 aliphatic carbocycles. The van der Waals surface area contributed by atoms with Gasteiger partial charge < -0.3 is 5.11 Å². The first-order valence-corrected chi connectivity index (χ1v) is 4.38. The van der Waals surface area contributed by atoms with Crippen molar-refractivity contribution in [2.75, 3.05) is 0 Å². The van der Waals surface area contributed by atoms with Crippen LogP contribution in [0.3, 0.4) is 0 Å². The van der Waals surface area contributed by atoms with Gasteiger partial charge in [-0.1, -0.05) is 13.8 Å². The van der Waals surface area contributed by atoms with Crippen molar-refractivity contribution in [2.45, 2.75) is 26.4 Å². The van der Waals surface area contributed by atoms with Crippen LogP contribution in [0.1, 0.15) is 31.9 Å². The lowest BCUT2D eigenvalue weighted by Gasteiger charge is -2.13. The molecule has 0 aromatic carbocycles. The van der Waals surface area contributed by atoms with E-state index in [-0.39, 0.29) is 0 Å². The first-order valence-electron chi connectivity index (χ1n) is 4.38. The van der Waals surface area contributed by atoms with Crippen molar-refractivity contribution in [3.05, 3.63) is 29.8 Å². The van der Waals surface area contributed by atoms with Gasteiger partial charge >= 0.3 is 0 Å². The van der Waals surface area contributed by atoms with Crippen LogP contribution in [0.4, 0.5) is 4.39 Å². The van der Waals surface area contributed by atoms with E-state index >= 15 is 0 Å². The smallest absolute Gasteiger partial charge is 0.147 e. The average molecular weight is 183 g/mol. The molecule has 0 spiro atoms. The van der Waals surface area contributed by atoms with Gasteiger partial charge in [0.15, 0.2) is 0 Å². The summed E-state index contributed by atoms with van der Waals surface area (Å²) in [5, 5.41) is 9.60. The summed E-state index contributed by atoms with van der Waals surface area (Å²) in [5.41, 5.74) is 0.337. The number of hydrogen-bond acceptors (Lipinski definition) is 2. The average Bonchev–Trinajstić information content (AvgIpc) is 2.03. The number of aliphatic hydroxyl groups is 1. The molecule has 0 aliphatic rings. The predicted octanol–water partition coefficient (Wildman–Crippen LogP) is 2.30. The summed E-state index contributed by atoms with van der Waals surface area (Å²) in [6.07, 6.45) is 2.46. The lowest BCUT2D eigenvalue weighted by atomic mass is 10.0. The first kappa shape index (κ1) is 10.1. The maximum absolute atomic E-state index is 13.1. The Balaban J connectivity index is 2.76. The normalized spacial score (nSPS) is 13.3. The molecule has 1 atom stereocenters. The Morgan fingerprint density at radius 3 is 2.77 bits per heavy atom. The standard InChI is InChI=1S/C10H14FNO/c1-7(2)5-10(13)8-3-4-12-6-9(8)11/h3-4,6-7,10,13H,5H2,1-2H3. The molecule has 1 aromatic heterocycles. The molecule has 13 heavy (non-hydrogen) atoms. The summed E-state index contributed by atoms with van der Waals surface area (Å²) in [7, 11) is 0. The van der Waals surface area contributed by atoms with Gasteiger partial charge in [0.1, 0.15) is 5.82 Å². The van der Waals surface area contributed by atoms with Crippen LogP contribution in [0, 0.1) is 11.7 Å². The van der Waals surface area contributed by atoms with Gasteiger partial charge in [-0.05, 0) is 18.4 Å². The molecule has 1 N–H and O–H groups in total. The van der Waals surface area contributed by atoms with E-state index in [1.807, 2.05) is 13.8 Å². The molecule has 72 valence electrons. The Labute approximate surface area is 77.4 Å². The van der Waals surface area contributed by atoms with Crippen molar-refractivity contribution in [1.29, 1.82) is 0 Å². The van der Waals surface area contributed by atoms with Gasteiger partial charge in [-0.2, -0.15) is 0 Å². The topological polar surface area (TPSA) is 33.1 Å². The van der Waals surface area contributed by atoms with Gasteiger partial charge in [-0.25, -0.2) is 4.39 Å². The van der Waals surface area contributed by atoms with E-state index in [2.05, 4.69) is 4.98 Å². The molecule has 0 saturated carbocycles. The van der Waals surface area contributed by atoms with E-state index in [0.29, 0.717) is 17.9 Å². The van der Waals surface area contributed by atoms with Crippen molar-refractivity contribution in [3.63, 3.8) is 0 Å². The SMILES string of the molecule is CC(C)CC(O)c1ccncc1F. The number of pyridine rings is 1. The molecule has 1 aromatic rings. The Kier molecular flexibility index (Phi) is 3.37. The van der Waals surface area contributed by atoms with Crippen molar-refractivity contribution >= 4 is 0 Å². The Bertz CT molecular complexity index is 275. The van der Waals surface area contributed by atoms with Gasteiger partial charge in [0, 0.05) is 11.8 Å². The number of aromatic nitrogens is 1. The second kappa shape index (κ2) is 4.33. The van der Waals surface area contributed by atoms with E-state index in [1.165, 1.54) is 12.3 Å². The van der Waals surface area contributed by atoms with Gasteiger partial charge in [0.2, 0.25) is 0 Å². The fourth-order valence-corrected chi connectivity index (χ4v) is 1.23. The lowest BCUT2D eigenvalue weighted by Crippen LogP contribution is -2.04. The van der Waals surface area contributed by atoms with Gasteiger partial charge in [-0.3, -0.25) is 4.98 Å². The fourth-order valence-electron chi connectivity index (χ4n) is 1.23. The summed E-state index contributed by atoms with van der Waals surface area (Å²) < 4.78 is 13.1. The molecule has 0 saturated heterocycles. The third-order valence-electron chi connectivity index (χ3n) is 1.86. The Hall–Kier alpha value is -0.960. The number of hydrogen-bond donors (Lipinski definition) is 1. The molecule has 0 bridgehead atoms. The van der Waals surface area contributed by atoms with Crippen LogP contribution < -0.4 is 0 Å². The Morgan fingerprint density at radius 1 is 1.54 bits per heavy atom.